The van der Waals surface area contributed by atoms with Crippen LogP contribution in [0.25, 0.3) is 5.69 Å². The number of anilines is 1. The Hall–Kier alpha value is -3.16. The number of hydrogen-bond donors (Lipinski definition) is 2. The molecule has 32 heavy (non-hydrogen) atoms. The van der Waals surface area contributed by atoms with Gasteiger partial charge in [0.15, 0.2) is 5.78 Å². The first-order valence-corrected chi connectivity index (χ1v) is 10.4. The predicted molar refractivity (Wildman–Crippen MR) is 127 cm³/mol. The minimum atomic E-state index is -0.228. The quantitative estimate of drug-likeness (QED) is 0.544. The molecule has 1 saturated heterocycles. The molecule has 1 aliphatic rings. The van der Waals surface area contributed by atoms with Crippen LogP contribution < -0.4 is 15.4 Å². The second kappa shape index (κ2) is 10.4. The van der Waals surface area contributed by atoms with Gasteiger partial charge in [-0.05, 0) is 69.3 Å². The van der Waals surface area contributed by atoms with Crippen LogP contribution in [0.3, 0.4) is 0 Å². The molecular weight excluding hydrogens is 428 g/mol. The first kappa shape index (κ1) is 23.5. The number of benzene rings is 2. The minimum absolute atomic E-state index is 0. The van der Waals surface area contributed by atoms with Crippen molar-refractivity contribution in [2.24, 2.45) is 0 Å². The number of ketones is 1. The first-order valence-electron chi connectivity index (χ1n) is 10.4. The van der Waals surface area contributed by atoms with Crippen molar-refractivity contribution in [2.45, 2.75) is 25.7 Å². The summed E-state index contributed by atoms with van der Waals surface area (Å²) in [6.45, 7) is 3.31. The molecule has 1 amide bonds. The van der Waals surface area contributed by atoms with E-state index in [4.69, 9.17) is 4.74 Å². The van der Waals surface area contributed by atoms with Crippen molar-refractivity contribution in [3.63, 3.8) is 0 Å². The summed E-state index contributed by atoms with van der Waals surface area (Å²) >= 11 is 0. The Labute approximate surface area is 193 Å². The fourth-order valence-corrected chi connectivity index (χ4v) is 3.96. The number of aromatic nitrogens is 2. The number of nitrogens with zero attached hydrogens (tertiary/aromatic N) is 2. The van der Waals surface area contributed by atoms with Gasteiger partial charge in [-0.2, -0.15) is 5.10 Å². The highest BCUT2D eigenvalue weighted by Crippen LogP contribution is 2.31. The van der Waals surface area contributed by atoms with Crippen LogP contribution in [-0.2, 0) is 0 Å². The number of nitrogens with one attached hydrogen (secondary N) is 2. The second-order valence-corrected chi connectivity index (χ2v) is 7.67. The van der Waals surface area contributed by atoms with E-state index >= 15 is 0 Å². The minimum Gasteiger partial charge on any atom is -0.497 e. The lowest BCUT2D eigenvalue weighted by Gasteiger charge is -2.24. The molecule has 0 atom stereocenters. The maximum Gasteiger partial charge on any atom is 0.259 e. The number of rotatable bonds is 6. The molecular formula is C24H27ClN4O3. The number of piperidine rings is 1. The van der Waals surface area contributed by atoms with Gasteiger partial charge in [0.05, 0.1) is 30.3 Å². The Morgan fingerprint density at radius 3 is 2.50 bits per heavy atom. The third-order valence-electron chi connectivity index (χ3n) is 5.62. The van der Waals surface area contributed by atoms with Crippen LogP contribution in [0.1, 0.15) is 52.1 Å². The maximum absolute atomic E-state index is 13.2. The Morgan fingerprint density at radius 2 is 1.84 bits per heavy atom. The third-order valence-corrected chi connectivity index (χ3v) is 5.62. The Morgan fingerprint density at radius 1 is 1.12 bits per heavy atom. The molecule has 1 aliphatic heterocycles. The molecule has 2 aromatic carbocycles. The number of methoxy groups -OCH3 is 1. The van der Waals surface area contributed by atoms with Crippen molar-refractivity contribution in [1.82, 2.24) is 15.1 Å². The van der Waals surface area contributed by atoms with Gasteiger partial charge in [-0.15, -0.1) is 12.4 Å². The van der Waals surface area contributed by atoms with Crippen molar-refractivity contribution in [3.05, 3.63) is 71.5 Å². The zero-order chi connectivity index (χ0) is 21.8. The van der Waals surface area contributed by atoms with Gasteiger partial charge >= 0.3 is 0 Å². The number of Topliss-reactive ketones (excluding diaryl/α,β-unsaturated/α-hetero) is 1. The summed E-state index contributed by atoms with van der Waals surface area (Å²) in [5.41, 5.74) is 3.49. The average Bonchev–Trinajstić information content (AvgIpc) is 3.25. The lowest BCUT2D eigenvalue weighted by atomic mass is 9.91. The standard InChI is InChI=1S/C24H26N4O3.ClH/c1-16(29)18-4-3-5-19(14-18)27-24(30)22-15-26-28(20-6-8-21(31-2)9-7-20)23(22)17-10-12-25-13-11-17;/h3-9,14-15,17,25H,10-13H2,1-2H3,(H,27,30);1H. The summed E-state index contributed by atoms with van der Waals surface area (Å²) in [6, 6.07) is 14.6. The smallest absolute Gasteiger partial charge is 0.259 e. The fraction of sp³-hybridized carbons (Fsp3) is 0.292. The fourth-order valence-electron chi connectivity index (χ4n) is 3.96. The van der Waals surface area contributed by atoms with Crippen molar-refractivity contribution >= 4 is 29.8 Å². The molecule has 0 aliphatic carbocycles. The van der Waals surface area contributed by atoms with Gasteiger partial charge in [-0.25, -0.2) is 4.68 Å². The van der Waals surface area contributed by atoms with Gasteiger partial charge in [0.1, 0.15) is 5.75 Å². The molecule has 0 radical (unpaired) electrons. The third kappa shape index (κ3) is 5.00. The van der Waals surface area contributed by atoms with Crippen LogP contribution in [0.15, 0.2) is 54.7 Å². The van der Waals surface area contributed by atoms with E-state index in [2.05, 4.69) is 15.7 Å². The Bertz CT molecular complexity index is 1090. The monoisotopic (exact) mass is 454 g/mol. The van der Waals surface area contributed by atoms with Gasteiger partial charge in [0, 0.05) is 17.2 Å². The van der Waals surface area contributed by atoms with E-state index in [-0.39, 0.29) is 30.0 Å². The van der Waals surface area contributed by atoms with Gasteiger partial charge in [-0.1, -0.05) is 12.1 Å². The van der Waals surface area contributed by atoms with Crippen LogP contribution in [0.5, 0.6) is 5.75 Å². The summed E-state index contributed by atoms with van der Waals surface area (Å²) in [5.74, 6) is 0.714. The molecule has 2 heterocycles. The van der Waals surface area contributed by atoms with E-state index in [0.717, 1.165) is 43.1 Å². The number of ether oxygens (including phenoxy) is 1. The topological polar surface area (TPSA) is 85.2 Å². The van der Waals surface area contributed by atoms with Crippen molar-refractivity contribution < 1.29 is 14.3 Å². The van der Waals surface area contributed by atoms with Crippen molar-refractivity contribution in [1.29, 1.82) is 0 Å². The van der Waals surface area contributed by atoms with E-state index in [1.165, 1.54) is 6.92 Å². The maximum atomic E-state index is 13.2. The highest BCUT2D eigenvalue weighted by Gasteiger charge is 2.27. The molecule has 0 saturated carbocycles. The van der Waals surface area contributed by atoms with Gasteiger partial charge < -0.3 is 15.4 Å². The van der Waals surface area contributed by atoms with Crippen molar-refractivity contribution in [2.75, 3.05) is 25.5 Å². The molecule has 4 rings (SSSR count). The predicted octanol–water partition coefficient (Wildman–Crippen LogP) is 4.22. The van der Waals surface area contributed by atoms with Crippen molar-refractivity contribution in [3.8, 4) is 11.4 Å². The Balaban J connectivity index is 0.00000289. The highest BCUT2D eigenvalue weighted by atomic mass is 35.5. The SMILES string of the molecule is COc1ccc(-n2ncc(C(=O)Nc3cccc(C(C)=O)c3)c2C2CCNCC2)cc1.Cl. The summed E-state index contributed by atoms with van der Waals surface area (Å²) < 4.78 is 7.12. The summed E-state index contributed by atoms with van der Waals surface area (Å²) in [7, 11) is 1.63. The summed E-state index contributed by atoms with van der Waals surface area (Å²) in [4.78, 5) is 24.9. The summed E-state index contributed by atoms with van der Waals surface area (Å²) in [6.07, 6.45) is 3.50. The second-order valence-electron chi connectivity index (χ2n) is 7.67. The zero-order valence-corrected chi connectivity index (χ0v) is 18.9. The lowest BCUT2D eigenvalue weighted by molar-refractivity contribution is 0.101. The molecule has 0 bridgehead atoms. The first-order chi connectivity index (χ1) is 15.1. The zero-order valence-electron chi connectivity index (χ0n) is 18.1. The number of halogens is 1. The molecule has 0 unspecified atom stereocenters. The van der Waals surface area contributed by atoms with E-state index < -0.39 is 0 Å². The number of carbonyl (C=O) groups is 2. The molecule has 0 spiro atoms. The van der Waals surface area contributed by atoms with E-state index in [1.54, 1.807) is 37.6 Å². The molecule has 2 N–H and O–H groups in total. The normalized spacial score (nSPS) is 13.8. The molecule has 1 aromatic heterocycles. The number of carbonyl (C=O) groups excluding carboxylic acids is 2. The molecule has 8 heteroatoms. The van der Waals surface area contributed by atoms with Gasteiger partial charge in [-0.3, -0.25) is 9.59 Å². The van der Waals surface area contributed by atoms with E-state index in [9.17, 15) is 9.59 Å². The molecule has 1 fully saturated rings. The average molecular weight is 455 g/mol. The molecule has 168 valence electrons. The molecule has 7 nitrogen and oxygen atoms in total. The van der Waals surface area contributed by atoms with Crippen LogP contribution >= 0.6 is 12.4 Å². The largest absolute Gasteiger partial charge is 0.497 e. The van der Waals surface area contributed by atoms with Crippen LogP contribution in [-0.4, -0.2) is 41.7 Å². The molecule has 3 aromatic rings. The van der Waals surface area contributed by atoms with Crippen LogP contribution in [0.2, 0.25) is 0 Å². The van der Waals surface area contributed by atoms with Crippen LogP contribution in [0.4, 0.5) is 5.69 Å². The number of amides is 1. The lowest BCUT2D eigenvalue weighted by Crippen LogP contribution is -2.29. The van der Waals surface area contributed by atoms with E-state index in [0.29, 0.717) is 16.8 Å². The number of hydrogen-bond acceptors (Lipinski definition) is 5. The summed E-state index contributed by atoms with van der Waals surface area (Å²) in [5, 5.41) is 10.9. The van der Waals surface area contributed by atoms with Gasteiger partial charge in [0.25, 0.3) is 5.91 Å². The highest BCUT2D eigenvalue weighted by molar-refractivity contribution is 6.06. The van der Waals surface area contributed by atoms with Crippen LogP contribution in [0, 0.1) is 0 Å². The van der Waals surface area contributed by atoms with Gasteiger partial charge in [0.2, 0.25) is 0 Å². The Kier molecular flexibility index (Phi) is 7.66. The van der Waals surface area contributed by atoms with E-state index in [1.807, 2.05) is 28.9 Å².